The Morgan fingerprint density at radius 3 is 1.88 bits per heavy atom. The highest BCUT2D eigenvalue weighted by Gasteiger charge is 2.12. The maximum Gasteiger partial charge on any atom is 0.637 e. The Balaban J connectivity index is 2.92. The van der Waals surface area contributed by atoms with Crippen LogP contribution in [0, 0.1) is 0 Å². The Morgan fingerprint density at radius 1 is 1.25 bits per heavy atom. The molecule has 1 N–H and O–H groups in total. The SMILES string of the molecule is OB(OCI)OCI. The third kappa shape index (κ3) is 5.54. The molecule has 0 spiro atoms. The first-order valence-corrected chi connectivity index (χ1v) is 4.89. The monoisotopic (exact) mass is 342 g/mol. The molecule has 0 amide bonds. The van der Waals surface area contributed by atoms with Gasteiger partial charge < -0.3 is 14.3 Å². The van der Waals surface area contributed by atoms with Gasteiger partial charge in [0.1, 0.15) is 0 Å². The molecular formula is C2H5BI2O3. The summed E-state index contributed by atoms with van der Waals surface area (Å²) in [5.74, 6) is 0. The van der Waals surface area contributed by atoms with E-state index in [2.05, 4.69) is 9.31 Å². The van der Waals surface area contributed by atoms with Crippen LogP contribution in [0.25, 0.3) is 0 Å². The van der Waals surface area contributed by atoms with E-state index in [1.807, 2.05) is 45.2 Å². The van der Waals surface area contributed by atoms with Crippen molar-refractivity contribution in [3.8, 4) is 0 Å². The van der Waals surface area contributed by atoms with Crippen molar-refractivity contribution in [3.63, 3.8) is 0 Å². The average Bonchev–Trinajstić information content (AvgIpc) is 1.68. The van der Waals surface area contributed by atoms with Crippen molar-refractivity contribution in [2.45, 2.75) is 0 Å². The fourth-order valence-electron chi connectivity index (χ4n) is 0.156. The Hall–Kier alpha value is 1.40. The lowest BCUT2D eigenvalue weighted by Gasteiger charge is -2.00. The van der Waals surface area contributed by atoms with Gasteiger partial charge in [-0.25, -0.2) is 0 Å². The third-order valence-electron chi connectivity index (χ3n) is 0.411. The summed E-state index contributed by atoms with van der Waals surface area (Å²) in [6.45, 7) is 0. The van der Waals surface area contributed by atoms with Crippen molar-refractivity contribution in [2.24, 2.45) is 0 Å². The predicted octanol–water partition coefficient (Wildman–Crippen LogP) is 0.782. The van der Waals surface area contributed by atoms with Gasteiger partial charge in [0.05, 0.1) is 9.23 Å². The Labute approximate surface area is 75.6 Å². The van der Waals surface area contributed by atoms with Gasteiger partial charge >= 0.3 is 7.32 Å². The minimum atomic E-state index is -1.05. The van der Waals surface area contributed by atoms with Crippen LogP contribution in [0.1, 0.15) is 0 Å². The molecule has 0 heterocycles. The summed E-state index contributed by atoms with van der Waals surface area (Å²) in [6.07, 6.45) is 0. The molecule has 0 unspecified atom stereocenters. The fourth-order valence-corrected chi connectivity index (χ4v) is 0.771. The lowest BCUT2D eigenvalue weighted by atomic mass is 10.3. The van der Waals surface area contributed by atoms with Crippen molar-refractivity contribution in [1.29, 1.82) is 0 Å². The van der Waals surface area contributed by atoms with Gasteiger partial charge in [0, 0.05) is 0 Å². The van der Waals surface area contributed by atoms with Gasteiger partial charge in [-0.1, -0.05) is 45.2 Å². The Kier molecular flexibility index (Phi) is 7.67. The minimum absolute atomic E-state index is 0.440. The maximum atomic E-state index is 8.60. The van der Waals surface area contributed by atoms with E-state index < -0.39 is 7.32 Å². The topological polar surface area (TPSA) is 38.7 Å². The summed E-state index contributed by atoms with van der Waals surface area (Å²) < 4.78 is 10.1. The first-order chi connectivity index (χ1) is 3.81. The molecule has 0 saturated heterocycles. The molecule has 0 fully saturated rings. The highest BCUT2D eigenvalue weighted by Crippen LogP contribution is 1.91. The van der Waals surface area contributed by atoms with Crippen LogP contribution in [-0.4, -0.2) is 21.6 Å². The number of halogens is 2. The molecule has 0 aliphatic heterocycles. The van der Waals surface area contributed by atoms with Crippen LogP contribution in [-0.2, 0) is 9.31 Å². The molecule has 0 bridgehead atoms. The lowest BCUT2D eigenvalue weighted by Crippen LogP contribution is -2.20. The Morgan fingerprint density at radius 2 is 1.62 bits per heavy atom. The van der Waals surface area contributed by atoms with Crippen molar-refractivity contribution in [3.05, 3.63) is 0 Å². The van der Waals surface area contributed by atoms with Gasteiger partial charge in [0.2, 0.25) is 0 Å². The maximum absolute atomic E-state index is 8.60. The molecular weight excluding hydrogens is 337 g/mol. The summed E-state index contributed by atoms with van der Waals surface area (Å²) in [5, 5.41) is 8.60. The normalized spacial score (nSPS) is 9.38. The summed E-state index contributed by atoms with van der Waals surface area (Å²) in [6, 6.07) is 0. The summed E-state index contributed by atoms with van der Waals surface area (Å²) >= 11 is 3.96. The second kappa shape index (κ2) is 6.52. The first-order valence-electron chi connectivity index (χ1n) is 1.84. The molecule has 0 aliphatic rings. The molecule has 0 atom stereocenters. The van der Waals surface area contributed by atoms with E-state index in [0.29, 0.717) is 9.23 Å². The van der Waals surface area contributed by atoms with Gasteiger partial charge in [-0.15, -0.1) is 0 Å². The zero-order chi connectivity index (χ0) is 6.41. The van der Waals surface area contributed by atoms with E-state index in [0.717, 1.165) is 0 Å². The van der Waals surface area contributed by atoms with E-state index in [9.17, 15) is 0 Å². The Bertz CT molecular complexity index is 48.5. The summed E-state index contributed by atoms with van der Waals surface area (Å²) in [7, 11) is -1.05. The van der Waals surface area contributed by atoms with Crippen LogP contribution in [0.4, 0.5) is 0 Å². The summed E-state index contributed by atoms with van der Waals surface area (Å²) in [5.41, 5.74) is 0. The minimum Gasteiger partial charge on any atom is -0.402 e. The zero-order valence-electron chi connectivity index (χ0n) is 4.01. The second-order valence-electron chi connectivity index (χ2n) is 0.859. The third-order valence-corrected chi connectivity index (χ3v) is 1.13. The highest BCUT2D eigenvalue weighted by atomic mass is 127. The zero-order valence-corrected chi connectivity index (χ0v) is 8.33. The van der Waals surface area contributed by atoms with Crippen LogP contribution in [0.2, 0.25) is 0 Å². The first kappa shape index (κ1) is 9.40. The quantitative estimate of drug-likeness (QED) is 0.467. The molecule has 6 heteroatoms. The van der Waals surface area contributed by atoms with E-state index in [-0.39, 0.29) is 0 Å². The number of rotatable bonds is 4. The van der Waals surface area contributed by atoms with Gasteiger partial charge in [-0.2, -0.15) is 0 Å². The summed E-state index contributed by atoms with van der Waals surface area (Å²) in [4.78, 5) is 0. The predicted molar refractivity (Wildman–Crippen MR) is 47.9 cm³/mol. The van der Waals surface area contributed by atoms with E-state index in [1.54, 1.807) is 0 Å². The molecule has 0 aromatic heterocycles. The molecule has 3 nitrogen and oxygen atoms in total. The number of alkyl halides is 2. The molecule has 0 radical (unpaired) electrons. The smallest absolute Gasteiger partial charge is 0.402 e. The number of hydrogen-bond donors (Lipinski definition) is 1. The van der Waals surface area contributed by atoms with E-state index in [4.69, 9.17) is 5.02 Å². The average molecular weight is 342 g/mol. The molecule has 8 heavy (non-hydrogen) atoms. The molecule has 0 aromatic rings. The van der Waals surface area contributed by atoms with Crippen LogP contribution >= 0.6 is 45.2 Å². The van der Waals surface area contributed by atoms with Crippen molar-refractivity contribution in [2.75, 3.05) is 9.23 Å². The molecule has 0 rings (SSSR count). The van der Waals surface area contributed by atoms with E-state index in [1.165, 1.54) is 0 Å². The molecule has 0 aromatic carbocycles. The molecule has 0 saturated carbocycles. The van der Waals surface area contributed by atoms with Gasteiger partial charge in [0.25, 0.3) is 0 Å². The van der Waals surface area contributed by atoms with Crippen LogP contribution < -0.4 is 0 Å². The molecule has 0 aliphatic carbocycles. The van der Waals surface area contributed by atoms with Crippen LogP contribution in [0.5, 0.6) is 0 Å². The van der Waals surface area contributed by atoms with Crippen LogP contribution in [0.15, 0.2) is 0 Å². The van der Waals surface area contributed by atoms with Crippen molar-refractivity contribution in [1.82, 2.24) is 0 Å². The van der Waals surface area contributed by atoms with Gasteiger partial charge in [-0.3, -0.25) is 0 Å². The van der Waals surface area contributed by atoms with Gasteiger partial charge in [0.15, 0.2) is 0 Å². The van der Waals surface area contributed by atoms with Crippen LogP contribution in [0.3, 0.4) is 0 Å². The standard InChI is InChI=1S/C2H5BI2O3/c4-1-7-3(6)8-2-5/h6H,1-2H2. The molecule has 48 valence electrons. The van der Waals surface area contributed by atoms with Crippen molar-refractivity contribution < 1.29 is 14.3 Å². The fraction of sp³-hybridized carbons (Fsp3) is 1.00. The van der Waals surface area contributed by atoms with Gasteiger partial charge in [-0.05, 0) is 0 Å². The number of hydrogen-bond acceptors (Lipinski definition) is 3. The van der Waals surface area contributed by atoms with Crippen molar-refractivity contribution >= 4 is 52.5 Å². The van der Waals surface area contributed by atoms with E-state index >= 15 is 0 Å². The highest BCUT2D eigenvalue weighted by molar-refractivity contribution is 14.1. The second-order valence-corrected chi connectivity index (χ2v) is 2.10. The largest absolute Gasteiger partial charge is 0.637 e. The lowest BCUT2D eigenvalue weighted by molar-refractivity contribution is 0.186.